The van der Waals surface area contributed by atoms with Crippen molar-refractivity contribution < 1.29 is 19.4 Å². The minimum atomic E-state index is -0.902. The number of carboxylic acids is 1. The Balaban J connectivity index is 2.05. The zero-order valence-corrected chi connectivity index (χ0v) is 11.5. The Kier molecular flexibility index (Phi) is 4.29. The lowest BCUT2D eigenvalue weighted by atomic mass is 10.0. The molecule has 0 bridgehead atoms. The maximum atomic E-state index is 12.5. The van der Waals surface area contributed by atoms with Crippen LogP contribution in [0.25, 0.3) is 0 Å². The van der Waals surface area contributed by atoms with Gasteiger partial charge in [0, 0.05) is 26.2 Å². The average molecular weight is 270 g/mol. The monoisotopic (exact) mass is 270 g/mol. The van der Waals surface area contributed by atoms with E-state index in [0.29, 0.717) is 19.7 Å². The molecule has 1 aliphatic heterocycles. The van der Waals surface area contributed by atoms with Crippen molar-refractivity contribution in [3.05, 3.63) is 0 Å². The number of nitrogens with zero attached hydrogens (tertiary/aromatic N) is 2. The van der Waals surface area contributed by atoms with Gasteiger partial charge in [0.05, 0.1) is 6.61 Å². The molecule has 2 amide bonds. The molecule has 2 aliphatic rings. The third-order valence-electron chi connectivity index (χ3n) is 3.97. The Hall–Kier alpha value is -1.30. The number of likely N-dealkylation sites (tertiary alicyclic amines) is 1. The number of amides is 2. The number of hydrogen-bond acceptors (Lipinski definition) is 3. The summed E-state index contributed by atoms with van der Waals surface area (Å²) in [7, 11) is 1.60. The van der Waals surface area contributed by atoms with Crippen LogP contribution < -0.4 is 0 Å². The second-order valence-corrected chi connectivity index (χ2v) is 5.44. The molecule has 2 atom stereocenters. The normalized spacial score (nSPS) is 26.5. The first-order chi connectivity index (χ1) is 9.06. The summed E-state index contributed by atoms with van der Waals surface area (Å²) in [5.41, 5.74) is 0. The maximum Gasteiger partial charge on any atom is 0.326 e. The number of hydrogen-bond donors (Lipinski definition) is 1. The second-order valence-electron chi connectivity index (χ2n) is 5.44. The van der Waals surface area contributed by atoms with E-state index >= 15 is 0 Å². The van der Waals surface area contributed by atoms with Crippen molar-refractivity contribution in [2.75, 3.05) is 26.8 Å². The van der Waals surface area contributed by atoms with Crippen molar-refractivity contribution in [3.8, 4) is 0 Å². The van der Waals surface area contributed by atoms with Crippen LogP contribution in [0.1, 0.15) is 26.2 Å². The van der Waals surface area contributed by atoms with Gasteiger partial charge in [-0.25, -0.2) is 9.59 Å². The minimum Gasteiger partial charge on any atom is -0.480 e. The molecular formula is C13H22N2O4. The van der Waals surface area contributed by atoms with E-state index in [2.05, 4.69) is 0 Å². The molecule has 0 radical (unpaired) electrons. The van der Waals surface area contributed by atoms with E-state index in [-0.39, 0.29) is 18.0 Å². The molecule has 1 heterocycles. The van der Waals surface area contributed by atoms with E-state index in [0.717, 1.165) is 19.3 Å². The summed E-state index contributed by atoms with van der Waals surface area (Å²) < 4.78 is 5.03. The zero-order valence-electron chi connectivity index (χ0n) is 11.5. The predicted molar refractivity (Wildman–Crippen MR) is 68.9 cm³/mol. The molecule has 6 nitrogen and oxygen atoms in total. The molecule has 0 aromatic carbocycles. The molecule has 6 heteroatoms. The van der Waals surface area contributed by atoms with Gasteiger partial charge >= 0.3 is 12.0 Å². The van der Waals surface area contributed by atoms with Crippen LogP contribution in [-0.4, -0.2) is 65.8 Å². The smallest absolute Gasteiger partial charge is 0.326 e. The van der Waals surface area contributed by atoms with Crippen LogP contribution in [0, 0.1) is 5.92 Å². The molecule has 1 saturated carbocycles. The Morgan fingerprint density at radius 1 is 1.37 bits per heavy atom. The van der Waals surface area contributed by atoms with Crippen molar-refractivity contribution in [1.29, 1.82) is 0 Å². The average Bonchev–Trinajstić information content (AvgIpc) is 3.11. The fraction of sp³-hybridized carbons (Fsp3) is 0.846. The van der Waals surface area contributed by atoms with Gasteiger partial charge in [0.15, 0.2) is 0 Å². The van der Waals surface area contributed by atoms with E-state index in [9.17, 15) is 14.7 Å². The van der Waals surface area contributed by atoms with Gasteiger partial charge in [-0.1, -0.05) is 6.92 Å². The van der Waals surface area contributed by atoms with Crippen molar-refractivity contribution >= 4 is 12.0 Å². The molecule has 0 spiro atoms. The minimum absolute atomic E-state index is 0.0185. The number of aliphatic carboxylic acids is 1. The standard InChI is InChI=1S/C13H22N2O4/c1-9-5-6-15(11(9)12(16)17)13(18)14(7-8-19-2)10-3-4-10/h9-11H,3-8H2,1-2H3,(H,16,17). The highest BCUT2D eigenvalue weighted by Crippen LogP contribution is 2.31. The molecule has 1 N–H and O–H groups in total. The molecule has 0 aromatic rings. The first-order valence-corrected chi connectivity index (χ1v) is 6.85. The third-order valence-corrected chi connectivity index (χ3v) is 3.97. The predicted octanol–water partition coefficient (Wildman–Crippen LogP) is 1.01. The lowest BCUT2D eigenvalue weighted by Crippen LogP contribution is -2.50. The van der Waals surface area contributed by atoms with Crippen molar-refractivity contribution in [2.24, 2.45) is 5.92 Å². The summed E-state index contributed by atoms with van der Waals surface area (Å²) >= 11 is 0. The SMILES string of the molecule is COCCN(C(=O)N1CCC(C)C1C(=O)O)C1CC1. The van der Waals surface area contributed by atoms with Gasteiger partial charge in [0.2, 0.25) is 0 Å². The fourth-order valence-electron chi connectivity index (χ4n) is 2.71. The highest BCUT2D eigenvalue weighted by Gasteiger charge is 2.43. The highest BCUT2D eigenvalue weighted by molar-refractivity contribution is 5.84. The number of urea groups is 1. The third kappa shape index (κ3) is 3.00. The first kappa shape index (κ1) is 14.1. The van der Waals surface area contributed by atoms with Crippen LogP contribution in [0.5, 0.6) is 0 Å². The molecular weight excluding hydrogens is 248 g/mol. The van der Waals surface area contributed by atoms with Gasteiger partial charge in [0.1, 0.15) is 6.04 Å². The number of methoxy groups -OCH3 is 1. The molecule has 2 fully saturated rings. The number of carbonyl (C=O) groups excluding carboxylic acids is 1. The molecule has 2 unspecified atom stereocenters. The molecule has 2 rings (SSSR count). The van der Waals surface area contributed by atoms with Crippen LogP contribution in [0.3, 0.4) is 0 Å². The van der Waals surface area contributed by atoms with Gasteiger partial charge in [0.25, 0.3) is 0 Å². The topological polar surface area (TPSA) is 70.1 Å². The lowest BCUT2D eigenvalue weighted by Gasteiger charge is -2.31. The molecule has 1 aliphatic carbocycles. The summed E-state index contributed by atoms with van der Waals surface area (Å²) in [5, 5.41) is 9.28. The first-order valence-electron chi connectivity index (χ1n) is 6.85. The van der Waals surface area contributed by atoms with Crippen LogP contribution in [0.4, 0.5) is 4.79 Å². The van der Waals surface area contributed by atoms with Crippen molar-refractivity contribution in [1.82, 2.24) is 9.80 Å². The summed E-state index contributed by atoms with van der Waals surface area (Å²) in [6.45, 7) is 3.45. The Morgan fingerprint density at radius 2 is 2.05 bits per heavy atom. The molecule has 19 heavy (non-hydrogen) atoms. The highest BCUT2D eigenvalue weighted by atomic mass is 16.5. The quantitative estimate of drug-likeness (QED) is 0.809. The van der Waals surface area contributed by atoms with Crippen LogP contribution in [-0.2, 0) is 9.53 Å². The number of carboxylic acid groups (broad SMARTS) is 1. The zero-order chi connectivity index (χ0) is 14.0. The summed E-state index contributed by atoms with van der Waals surface area (Å²) in [5.74, 6) is -0.884. The van der Waals surface area contributed by atoms with Gasteiger partial charge in [-0.2, -0.15) is 0 Å². The summed E-state index contributed by atoms with van der Waals surface area (Å²) in [6, 6.07) is -0.555. The maximum absolute atomic E-state index is 12.5. The number of ether oxygens (including phenoxy) is 1. The largest absolute Gasteiger partial charge is 0.480 e. The van der Waals surface area contributed by atoms with Crippen molar-refractivity contribution in [2.45, 2.75) is 38.3 Å². The molecule has 0 aromatic heterocycles. The Labute approximate surface area is 113 Å². The van der Waals surface area contributed by atoms with E-state index in [1.165, 1.54) is 4.90 Å². The van der Waals surface area contributed by atoms with E-state index in [4.69, 9.17) is 4.74 Å². The summed E-state index contributed by atoms with van der Waals surface area (Å²) in [6.07, 6.45) is 2.78. The Bertz CT molecular complexity index is 357. The van der Waals surface area contributed by atoms with Gasteiger partial charge < -0.3 is 19.6 Å². The number of rotatable bonds is 5. The second kappa shape index (κ2) is 5.77. The van der Waals surface area contributed by atoms with E-state index < -0.39 is 12.0 Å². The Morgan fingerprint density at radius 3 is 2.58 bits per heavy atom. The van der Waals surface area contributed by atoms with E-state index in [1.807, 2.05) is 6.92 Å². The lowest BCUT2D eigenvalue weighted by molar-refractivity contribution is -0.142. The van der Waals surface area contributed by atoms with Gasteiger partial charge in [-0.05, 0) is 25.2 Å². The van der Waals surface area contributed by atoms with Crippen molar-refractivity contribution in [3.63, 3.8) is 0 Å². The van der Waals surface area contributed by atoms with Crippen LogP contribution in [0.2, 0.25) is 0 Å². The fourth-order valence-corrected chi connectivity index (χ4v) is 2.71. The summed E-state index contributed by atoms with van der Waals surface area (Å²) in [4.78, 5) is 27.1. The number of carbonyl (C=O) groups is 2. The van der Waals surface area contributed by atoms with Gasteiger partial charge in [-0.15, -0.1) is 0 Å². The van der Waals surface area contributed by atoms with Crippen LogP contribution in [0.15, 0.2) is 0 Å². The van der Waals surface area contributed by atoms with Gasteiger partial charge in [-0.3, -0.25) is 0 Å². The molecule has 108 valence electrons. The van der Waals surface area contributed by atoms with E-state index in [1.54, 1.807) is 12.0 Å². The van der Waals surface area contributed by atoms with Crippen LogP contribution >= 0.6 is 0 Å². The molecule has 1 saturated heterocycles.